The topological polar surface area (TPSA) is 98.6 Å². The summed E-state index contributed by atoms with van der Waals surface area (Å²) in [5, 5.41) is 7.86. The minimum absolute atomic E-state index is 0.0832. The van der Waals surface area contributed by atoms with Gasteiger partial charge in [0.1, 0.15) is 24.0 Å². The lowest BCUT2D eigenvalue weighted by molar-refractivity contribution is -0.145. The second-order valence-electron chi connectivity index (χ2n) is 9.43. The first kappa shape index (κ1) is 26.8. The monoisotopic (exact) mass is 563 g/mol. The Balaban J connectivity index is 1.38. The Bertz CT molecular complexity index is 1360. The summed E-state index contributed by atoms with van der Waals surface area (Å²) in [6, 6.07) is 8.92. The van der Waals surface area contributed by atoms with E-state index in [2.05, 4.69) is 15.4 Å². The van der Waals surface area contributed by atoms with Crippen LogP contribution in [0.15, 0.2) is 48.8 Å². The summed E-state index contributed by atoms with van der Waals surface area (Å²) in [6.45, 7) is 1.95. The average Bonchev–Trinajstić information content (AvgIpc) is 3.51. The van der Waals surface area contributed by atoms with Gasteiger partial charge in [-0.3, -0.25) is 4.79 Å². The number of likely N-dealkylation sites (tertiary alicyclic amines) is 1. The highest BCUT2D eigenvalue weighted by Gasteiger charge is 2.41. The minimum Gasteiger partial charge on any atom is -0.493 e. The molecule has 1 aromatic heterocycles. The van der Waals surface area contributed by atoms with Crippen LogP contribution >= 0.6 is 11.6 Å². The van der Waals surface area contributed by atoms with Crippen LogP contribution in [0.5, 0.6) is 5.75 Å². The number of hydrogen-bond donors (Lipinski definition) is 1. The largest absolute Gasteiger partial charge is 0.493 e. The summed E-state index contributed by atoms with van der Waals surface area (Å²) >= 11 is 5.99. The molecule has 3 atom stereocenters. The molecule has 3 aromatic rings. The molecule has 1 fully saturated rings. The third-order valence-electron chi connectivity index (χ3n) is 6.72. The third kappa shape index (κ3) is 5.95. The number of urea groups is 1. The Labute approximate surface area is 226 Å². The van der Waals surface area contributed by atoms with Gasteiger partial charge in [-0.15, -0.1) is 0 Å². The number of carbonyl (C=O) groups excluding carboxylic acids is 2. The SMILES string of the molecule is CC(=O)O[C@@H]1C[C@H](c2ncnn2Cc2ccc(Cl)cc2)N(C(=O)N[C@H]2CCOc3cc(C(F)(F)F)ccc32)C1. The van der Waals surface area contributed by atoms with Gasteiger partial charge in [-0.2, -0.15) is 18.3 Å². The van der Waals surface area contributed by atoms with Crippen molar-refractivity contribution in [2.24, 2.45) is 0 Å². The highest BCUT2D eigenvalue weighted by molar-refractivity contribution is 6.30. The molecule has 2 aliphatic rings. The number of halogens is 4. The maximum absolute atomic E-state index is 13.6. The zero-order valence-electron chi connectivity index (χ0n) is 20.8. The van der Waals surface area contributed by atoms with Crippen molar-refractivity contribution in [3.63, 3.8) is 0 Å². The number of amides is 2. The number of hydrogen-bond acceptors (Lipinski definition) is 6. The Kier molecular flexibility index (Phi) is 7.39. The number of benzene rings is 2. The van der Waals surface area contributed by atoms with Gasteiger partial charge < -0.3 is 19.7 Å². The molecular formula is C26H25ClF3N5O4. The summed E-state index contributed by atoms with van der Waals surface area (Å²) < 4.78 is 52.1. The van der Waals surface area contributed by atoms with E-state index in [0.717, 1.165) is 17.7 Å². The van der Waals surface area contributed by atoms with Crippen molar-refractivity contribution in [1.29, 1.82) is 0 Å². The molecule has 9 nitrogen and oxygen atoms in total. The molecular weight excluding hydrogens is 539 g/mol. The number of esters is 1. The fraction of sp³-hybridized carbons (Fsp3) is 0.385. The number of fused-ring (bicyclic) bond motifs is 1. The number of alkyl halides is 3. The first-order valence-electron chi connectivity index (χ1n) is 12.3. The molecule has 1 saturated heterocycles. The van der Waals surface area contributed by atoms with E-state index in [1.165, 1.54) is 24.2 Å². The smallest absolute Gasteiger partial charge is 0.416 e. The van der Waals surface area contributed by atoms with Gasteiger partial charge in [0.15, 0.2) is 0 Å². The van der Waals surface area contributed by atoms with Crippen LogP contribution in [-0.2, 0) is 22.3 Å². The van der Waals surface area contributed by atoms with Crippen molar-refractivity contribution in [3.8, 4) is 5.75 Å². The van der Waals surface area contributed by atoms with Crippen molar-refractivity contribution >= 4 is 23.6 Å². The van der Waals surface area contributed by atoms with Crippen LogP contribution in [0.1, 0.15) is 54.4 Å². The van der Waals surface area contributed by atoms with Gasteiger partial charge in [0.25, 0.3) is 0 Å². The molecule has 0 saturated carbocycles. The first-order chi connectivity index (χ1) is 18.6. The van der Waals surface area contributed by atoms with Gasteiger partial charge in [0, 0.05) is 30.4 Å². The van der Waals surface area contributed by atoms with E-state index in [4.69, 9.17) is 21.1 Å². The number of rotatable bonds is 5. The maximum atomic E-state index is 13.6. The maximum Gasteiger partial charge on any atom is 0.416 e. The van der Waals surface area contributed by atoms with Gasteiger partial charge in [0.2, 0.25) is 0 Å². The van der Waals surface area contributed by atoms with Crippen molar-refractivity contribution in [3.05, 3.63) is 76.3 Å². The first-order valence-corrected chi connectivity index (χ1v) is 12.7. The molecule has 2 aromatic carbocycles. The molecule has 0 aliphatic carbocycles. The van der Waals surface area contributed by atoms with Crippen LogP contribution in [0, 0.1) is 0 Å². The van der Waals surface area contributed by atoms with E-state index >= 15 is 0 Å². The molecule has 1 N–H and O–H groups in total. The molecule has 3 heterocycles. The number of ether oxygens (including phenoxy) is 2. The summed E-state index contributed by atoms with van der Waals surface area (Å²) in [4.78, 5) is 31.2. The number of carbonyl (C=O) groups is 2. The van der Waals surface area contributed by atoms with Crippen LogP contribution in [0.3, 0.4) is 0 Å². The van der Waals surface area contributed by atoms with Crippen molar-refractivity contribution < 1.29 is 32.2 Å². The Morgan fingerprint density at radius 3 is 2.69 bits per heavy atom. The molecule has 0 radical (unpaired) electrons. The van der Waals surface area contributed by atoms with E-state index in [1.807, 2.05) is 12.1 Å². The predicted octanol–water partition coefficient (Wildman–Crippen LogP) is 4.91. The minimum atomic E-state index is -4.51. The molecule has 39 heavy (non-hydrogen) atoms. The number of nitrogens with one attached hydrogen (secondary N) is 1. The van der Waals surface area contributed by atoms with E-state index in [9.17, 15) is 22.8 Å². The van der Waals surface area contributed by atoms with Crippen LogP contribution in [0.25, 0.3) is 0 Å². The lowest BCUT2D eigenvalue weighted by Crippen LogP contribution is -2.43. The van der Waals surface area contributed by atoms with Crippen molar-refractivity contribution in [2.75, 3.05) is 13.2 Å². The van der Waals surface area contributed by atoms with Crippen LogP contribution in [0.2, 0.25) is 5.02 Å². The van der Waals surface area contributed by atoms with Crippen LogP contribution < -0.4 is 10.1 Å². The van der Waals surface area contributed by atoms with Gasteiger partial charge in [-0.1, -0.05) is 29.8 Å². The van der Waals surface area contributed by atoms with E-state index < -0.39 is 41.9 Å². The number of aromatic nitrogens is 3. The lowest BCUT2D eigenvalue weighted by Gasteiger charge is -2.31. The van der Waals surface area contributed by atoms with Crippen LogP contribution in [0.4, 0.5) is 18.0 Å². The average molecular weight is 564 g/mol. The van der Waals surface area contributed by atoms with E-state index in [1.54, 1.807) is 16.8 Å². The van der Waals surface area contributed by atoms with E-state index in [-0.39, 0.29) is 18.9 Å². The third-order valence-corrected chi connectivity index (χ3v) is 6.98. The van der Waals surface area contributed by atoms with Gasteiger partial charge >= 0.3 is 18.2 Å². The second-order valence-corrected chi connectivity index (χ2v) is 9.86. The molecule has 2 aliphatic heterocycles. The van der Waals surface area contributed by atoms with Crippen molar-refractivity contribution in [2.45, 2.75) is 50.7 Å². The Morgan fingerprint density at radius 1 is 1.21 bits per heavy atom. The summed E-state index contributed by atoms with van der Waals surface area (Å²) in [5.74, 6) is 0.124. The fourth-order valence-electron chi connectivity index (χ4n) is 4.95. The summed E-state index contributed by atoms with van der Waals surface area (Å²) in [6.07, 6.45) is -2.98. The quantitative estimate of drug-likeness (QED) is 0.443. The van der Waals surface area contributed by atoms with Crippen molar-refractivity contribution in [1.82, 2.24) is 25.0 Å². The molecule has 0 spiro atoms. The molecule has 0 unspecified atom stereocenters. The highest BCUT2D eigenvalue weighted by atomic mass is 35.5. The summed E-state index contributed by atoms with van der Waals surface area (Å²) in [5.41, 5.74) is 0.562. The van der Waals surface area contributed by atoms with Gasteiger partial charge in [-0.05, 0) is 29.8 Å². The molecule has 2 amide bonds. The van der Waals surface area contributed by atoms with Gasteiger partial charge in [-0.25, -0.2) is 14.5 Å². The van der Waals surface area contributed by atoms with E-state index in [0.29, 0.717) is 35.8 Å². The summed E-state index contributed by atoms with van der Waals surface area (Å²) in [7, 11) is 0. The molecule has 0 bridgehead atoms. The molecule has 13 heteroatoms. The number of nitrogens with zero attached hydrogens (tertiary/aromatic N) is 4. The molecule has 206 valence electrons. The standard InChI is InChI=1S/C26H25ClF3N5O4/c1-15(36)39-19-11-22(24-31-14-32-35(24)12-16-2-5-18(27)6-3-16)34(13-19)25(37)33-21-8-9-38-23-10-17(26(28,29)30)4-7-20(21)23/h2-7,10,14,19,21-22H,8-9,11-13H2,1H3,(H,33,37)/t19-,21+,22-/m1/s1. The lowest BCUT2D eigenvalue weighted by atomic mass is 9.98. The van der Waals surface area contributed by atoms with Crippen LogP contribution in [-0.4, -0.2) is 50.9 Å². The Morgan fingerprint density at radius 2 is 1.97 bits per heavy atom. The predicted molar refractivity (Wildman–Crippen MR) is 133 cm³/mol. The Hall–Kier alpha value is -3.80. The van der Waals surface area contributed by atoms with Gasteiger partial charge in [0.05, 0.1) is 37.3 Å². The normalized spacial score (nSPS) is 20.7. The zero-order chi connectivity index (χ0) is 27.7. The fourth-order valence-corrected chi connectivity index (χ4v) is 5.08. The highest BCUT2D eigenvalue weighted by Crippen LogP contribution is 2.39. The zero-order valence-corrected chi connectivity index (χ0v) is 21.6. The second kappa shape index (κ2) is 10.8. The molecule has 5 rings (SSSR count).